The molecule has 0 bridgehead atoms. The summed E-state index contributed by atoms with van der Waals surface area (Å²) in [5, 5.41) is 3.02. The van der Waals surface area contributed by atoms with Crippen molar-refractivity contribution >= 4 is 17.7 Å². The number of nitrogens with one attached hydrogen (secondary N) is 1. The number of hydrogen-bond acceptors (Lipinski definition) is 3. The van der Waals surface area contributed by atoms with Crippen molar-refractivity contribution in [1.29, 1.82) is 0 Å². The number of benzene rings is 2. The Kier molecular flexibility index (Phi) is 7.69. The molecule has 0 spiro atoms. The second-order valence-electron chi connectivity index (χ2n) is 5.37. The first-order chi connectivity index (χ1) is 11.7. The van der Waals surface area contributed by atoms with Crippen molar-refractivity contribution in [2.75, 3.05) is 18.9 Å². The van der Waals surface area contributed by atoms with E-state index in [2.05, 4.69) is 24.4 Å². The molecular formula is C20H25NO2S. The van der Waals surface area contributed by atoms with Gasteiger partial charge in [-0.3, -0.25) is 4.79 Å². The Balaban J connectivity index is 1.78. The molecule has 2 rings (SSSR count). The Bertz CT molecular complexity index is 640. The minimum Gasteiger partial charge on any atom is -0.494 e. The molecule has 1 N–H and O–H groups in total. The molecule has 24 heavy (non-hydrogen) atoms. The van der Waals surface area contributed by atoms with Crippen LogP contribution in [-0.4, -0.2) is 24.8 Å². The molecule has 0 saturated carbocycles. The van der Waals surface area contributed by atoms with E-state index in [9.17, 15) is 4.79 Å². The van der Waals surface area contributed by atoms with E-state index in [4.69, 9.17) is 4.74 Å². The van der Waals surface area contributed by atoms with Gasteiger partial charge in [0.1, 0.15) is 5.75 Å². The average Bonchev–Trinajstić information content (AvgIpc) is 2.61. The number of amides is 1. The van der Waals surface area contributed by atoms with Crippen LogP contribution in [0.2, 0.25) is 0 Å². The third-order valence-corrected chi connectivity index (χ3v) is 4.55. The summed E-state index contributed by atoms with van der Waals surface area (Å²) >= 11 is 1.70. The predicted octanol–water partition coefficient (Wildman–Crippen LogP) is 4.56. The summed E-state index contributed by atoms with van der Waals surface area (Å²) in [7, 11) is 0. The van der Waals surface area contributed by atoms with E-state index in [0.717, 1.165) is 34.8 Å². The topological polar surface area (TPSA) is 38.3 Å². The SMILES string of the molecule is CCOc1ccc(CCCNC(=O)c2ccccc2SCC)cc1. The van der Waals surface area contributed by atoms with Crippen molar-refractivity contribution < 1.29 is 9.53 Å². The number of carbonyl (C=O) groups excluding carboxylic acids is 1. The molecule has 0 unspecified atom stereocenters. The fourth-order valence-corrected chi connectivity index (χ4v) is 3.25. The van der Waals surface area contributed by atoms with E-state index >= 15 is 0 Å². The van der Waals surface area contributed by atoms with Crippen LogP contribution in [0.25, 0.3) is 0 Å². The van der Waals surface area contributed by atoms with Crippen molar-refractivity contribution in [3.63, 3.8) is 0 Å². The zero-order valence-electron chi connectivity index (χ0n) is 14.4. The Morgan fingerprint density at radius 2 is 1.83 bits per heavy atom. The summed E-state index contributed by atoms with van der Waals surface area (Å²) in [6.45, 7) is 5.43. The summed E-state index contributed by atoms with van der Waals surface area (Å²) in [6, 6.07) is 15.9. The zero-order chi connectivity index (χ0) is 17.2. The van der Waals surface area contributed by atoms with E-state index in [1.165, 1.54) is 5.56 Å². The highest BCUT2D eigenvalue weighted by Crippen LogP contribution is 2.22. The van der Waals surface area contributed by atoms with Crippen molar-refractivity contribution in [3.8, 4) is 5.75 Å². The lowest BCUT2D eigenvalue weighted by atomic mass is 10.1. The van der Waals surface area contributed by atoms with Crippen molar-refractivity contribution in [3.05, 3.63) is 59.7 Å². The van der Waals surface area contributed by atoms with Crippen LogP contribution in [-0.2, 0) is 6.42 Å². The maximum atomic E-state index is 12.3. The van der Waals surface area contributed by atoms with Gasteiger partial charge < -0.3 is 10.1 Å². The summed E-state index contributed by atoms with van der Waals surface area (Å²) in [4.78, 5) is 13.4. The van der Waals surface area contributed by atoms with E-state index in [0.29, 0.717) is 13.2 Å². The monoisotopic (exact) mass is 343 g/mol. The summed E-state index contributed by atoms with van der Waals surface area (Å²) in [5.41, 5.74) is 2.03. The molecule has 0 heterocycles. The van der Waals surface area contributed by atoms with Crippen molar-refractivity contribution in [2.45, 2.75) is 31.6 Å². The van der Waals surface area contributed by atoms with Crippen molar-refractivity contribution in [2.24, 2.45) is 0 Å². The molecule has 0 saturated heterocycles. The zero-order valence-corrected chi connectivity index (χ0v) is 15.2. The first-order valence-corrected chi connectivity index (χ1v) is 9.45. The lowest BCUT2D eigenvalue weighted by Gasteiger charge is -2.09. The maximum absolute atomic E-state index is 12.3. The highest BCUT2D eigenvalue weighted by atomic mass is 32.2. The smallest absolute Gasteiger partial charge is 0.252 e. The normalized spacial score (nSPS) is 10.4. The second-order valence-corrected chi connectivity index (χ2v) is 6.67. The third-order valence-electron chi connectivity index (χ3n) is 3.59. The fraction of sp³-hybridized carbons (Fsp3) is 0.350. The lowest BCUT2D eigenvalue weighted by molar-refractivity contribution is 0.0950. The molecule has 0 fully saturated rings. The summed E-state index contributed by atoms with van der Waals surface area (Å²) in [6.07, 6.45) is 1.86. The van der Waals surface area contributed by atoms with Gasteiger partial charge in [0.15, 0.2) is 0 Å². The molecule has 0 aromatic heterocycles. The molecule has 128 valence electrons. The van der Waals surface area contributed by atoms with Gasteiger partial charge >= 0.3 is 0 Å². The second kappa shape index (κ2) is 10.0. The van der Waals surface area contributed by atoms with Gasteiger partial charge in [-0.25, -0.2) is 0 Å². The Hall–Kier alpha value is -1.94. The summed E-state index contributed by atoms with van der Waals surface area (Å²) in [5.74, 6) is 1.88. The van der Waals surface area contributed by atoms with Gasteiger partial charge in [-0.05, 0) is 55.3 Å². The van der Waals surface area contributed by atoms with Gasteiger partial charge in [-0.2, -0.15) is 0 Å². The largest absolute Gasteiger partial charge is 0.494 e. The van der Waals surface area contributed by atoms with Crippen LogP contribution in [0, 0.1) is 0 Å². The first kappa shape index (κ1) is 18.4. The fourth-order valence-electron chi connectivity index (χ4n) is 2.44. The molecule has 4 heteroatoms. The maximum Gasteiger partial charge on any atom is 0.252 e. The third kappa shape index (κ3) is 5.60. The van der Waals surface area contributed by atoms with E-state index in [1.807, 2.05) is 43.3 Å². The van der Waals surface area contributed by atoms with E-state index < -0.39 is 0 Å². The van der Waals surface area contributed by atoms with Gasteiger partial charge in [0.05, 0.1) is 12.2 Å². The van der Waals surface area contributed by atoms with Crippen LogP contribution in [0.1, 0.15) is 36.2 Å². The molecule has 2 aromatic rings. The molecule has 0 aliphatic rings. The average molecular weight is 343 g/mol. The molecule has 0 atom stereocenters. The van der Waals surface area contributed by atoms with Crippen LogP contribution >= 0.6 is 11.8 Å². The van der Waals surface area contributed by atoms with E-state index in [-0.39, 0.29) is 5.91 Å². The number of aryl methyl sites for hydroxylation is 1. The van der Waals surface area contributed by atoms with Gasteiger partial charge in [-0.15, -0.1) is 11.8 Å². The first-order valence-electron chi connectivity index (χ1n) is 8.46. The molecule has 2 aromatic carbocycles. The van der Waals surface area contributed by atoms with Crippen molar-refractivity contribution in [1.82, 2.24) is 5.32 Å². The number of carbonyl (C=O) groups is 1. The Morgan fingerprint density at radius 3 is 2.54 bits per heavy atom. The number of thioether (sulfide) groups is 1. The number of rotatable bonds is 9. The Labute approximate surface area is 148 Å². The predicted molar refractivity (Wildman–Crippen MR) is 101 cm³/mol. The minimum atomic E-state index is 0.0123. The quantitative estimate of drug-likeness (QED) is 0.536. The van der Waals surface area contributed by atoms with Gasteiger partial charge in [-0.1, -0.05) is 31.2 Å². The lowest BCUT2D eigenvalue weighted by Crippen LogP contribution is -2.25. The van der Waals surface area contributed by atoms with Gasteiger partial charge in [0.25, 0.3) is 5.91 Å². The Morgan fingerprint density at radius 1 is 1.08 bits per heavy atom. The molecule has 3 nitrogen and oxygen atoms in total. The van der Waals surface area contributed by atoms with E-state index in [1.54, 1.807) is 11.8 Å². The molecule has 0 aliphatic heterocycles. The summed E-state index contributed by atoms with van der Waals surface area (Å²) < 4.78 is 5.44. The molecule has 0 aliphatic carbocycles. The molecule has 1 amide bonds. The van der Waals surface area contributed by atoms with Crippen LogP contribution in [0.4, 0.5) is 0 Å². The standard InChI is InChI=1S/C20H25NO2S/c1-3-23-17-13-11-16(12-14-17)8-7-15-21-20(22)18-9-5-6-10-19(18)24-4-2/h5-6,9-14H,3-4,7-8,15H2,1-2H3,(H,21,22). The molecule has 0 radical (unpaired) electrons. The van der Waals surface area contributed by atoms with Crippen LogP contribution in [0.3, 0.4) is 0 Å². The number of ether oxygens (including phenoxy) is 1. The minimum absolute atomic E-state index is 0.0123. The van der Waals surface area contributed by atoms with Crippen LogP contribution in [0.15, 0.2) is 53.4 Å². The van der Waals surface area contributed by atoms with Gasteiger partial charge in [0.2, 0.25) is 0 Å². The highest BCUT2D eigenvalue weighted by Gasteiger charge is 2.09. The van der Waals surface area contributed by atoms with Crippen LogP contribution < -0.4 is 10.1 Å². The number of hydrogen-bond donors (Lipinski definition) is 1. The van der Waals surface area contributed by atoms with Gasteiger partial charge in [0, 0.05) is 11.4 Å². The molecular weight excluding hydrogens is 318 g/mol. The van der Waals surface area contributed by atoms with Crippen LogP contribution in [0.5, 0.6) is 5.75 Å². The highest BCUT2D eigenvalue weighted by molar-refractivity contribution is 7.99.